The van der Waals surface area contributed by atoms with Gasteiger partial charge >= 0.3 is 0 Å². The third kappa shape index (κ3) is 5.06. The van der Waals surface area contributed by atoms with Gasteiger partial charge in [-0.05, 0) is 155 Å². The van der Waals surface area contributed by atoms with Crippen LogP contribution in [-0.4, -0.2) is 20.4 Å². The van der Waals surface area contributed by atoms with Gasteiger partial charge in [0.1, 0.15) is 0 Å². The summed E-state index contributed by atoms with van der Waals surface area (Å²) >= 11 is 0. The van der Waals surface area contributed by atoms with Crippen molar-refractivity contribution in [2.75, 3.05) is 0 Å². The number of rotatable bonds is 3. The molecular weight excluding hydrogens is 846 g/mol. The highest BCUT2D eigenvalue weighted by Crippen LogP contribution is 2.51. The van der Waals surface area contributed by atoms with Crippen molar-refractivity contribution in [2.24, 2.45) is 0 Å². The predicted octanol–water partition coefficient (Wildman–Crippen LogP) is 15.8. The molecule has 0 atom stereocenters. The monoisotopic (exact) mass is 903 g/mol. The first-order chi connectivity index (χ1) is 34.3. The van der Waals surface area contributed by atoms with E-state index >= 15 is 0 Å². The Morgan fingerprint density at radius 1 is 0.429 bits per heavy atom. The molecule has 0 spiro atoms. The number of nitrogens with zero attached hydrogens (tertiary/aromatic N) is 3. The minimum absolute atomic E-state index is 0.0528. The van der Waals surface area contributed by atoms with Gasteiger partial charge in [0.15, 0.2) is 0 Å². The minimum Gasteiger partial charge on any atom is -0.310 e. The van der Waals surface area contributed by atoms with Crippen LogP contribution in [0, 0.1) is 0 Å². The summed E-state index contributed by atoms with van der Waals surface area (Å²) in [6.45, 7) is 21.9. The molecule has 5 heterocycles. The Kier molecular flexibility index (Phi) is 7.33. The first-order valence-corrected chi connectivity index (χ1v) is 25.3. The van der Waals surface area contributed by atoms with E-state index in [-0.39, 0.29) is 17.5 Å². The van der Waals surface area contributed by atoms with E-state index in [1.54, 1.807) is 0 Å². The van der Waals surface area contributed by atoms with Crippen molar-refractivity contribution in [1.82, 2.24) is 13.7 Å². The van der Waals surface area contributed by atoms with Gasteiger partial charge in [0.2, 0.25) is 0 Å². The minimum atomic E-state index is -0.832. The maximum Gasteiger partial charge on any atom is 0.252 e. The molecule has 0 amide bonds. The summed E-state index contributed by atoms with van der Waals surface area (Å²) in [7, 11) is 0. The second-order valence-electron chi connectivity index (χ2n) is 23.3. The van der Waals surface area contributed by atoms with Crippen molar-refractivity contribution in [1.29, 1.82) is 0 Å². The van der Waals surface area contributed by atoms with Crippen LogP contribution in [0.4, 0.5) is 0 Å². The lowest BCUT2D eigenvalue weighted by atomic mass is 9.34. The molecule has 0 radical (unpaired) electrons. The Morgan fingerprint density at radius 3 is 1.64 bits per heavy atom. The summed E-state index contributed by atoms with van der Waals surface area (Å²) in [6.07, 6.45) is 0. The summed E-state index contributed by atoms with van der Waals surface area (Å²) in [6, 6.07) is 56.0. The zero-order valence-corrected chi connectivity index (χ0v) is 41.8. The van der Waals surface area contributed by atoms with Gasteiger partial charge in [0.25, 0.3) is 6.71 Å². The van der Waals surface area contributed by atoms with Crippen LogP contribution in [0.25, 0.3) is 116 Å². The standard InChI is InChI=1S/C66H56BN3/c1-35(2)38-22-24-53-47(27-38)50-31-41(66(8,9)10)32-52-64(50)69(53)57-33-42(68-55-20-14-19-46-44-17-12-11-16-43(44)45-18-13-15-37-21-25-56(68)61(59(37)45)60(46)55)34-58-62(57)67(52)51-29-39(36(3)4)28-49-48-30-40(65(5,6)7)23-26-54(48)70(58)63(49)51/h11-36H,1-10H3/i35D,36D. The fourth-order valence-corrected chi connectivity index (χ4v) is 13.3. The van der Waals surface area contributed by atoms with Crippen LogP contribution in [0.3, 0.4) is 0 Å². The topological polar surface area (TPSA) is 14.8 Å². The van der Waals surface area contributed by atoms with Crippen molar-refractivity contribution in [2.45, 2.75) is 91.9 Å². The molecule has 4 heteroatoms. The van der Waals surface area contributed by atoms with E-state index in [4.69, 9.17) is 0 Å². The largest absolute Gasteiger partial charge is 0.310 e. The lowest BCUT2D eigenvalue weighted by Gasteiger charge is -2.35. The van der Waals surface area contributed by atoms with Crippen molar-refractivity contribution < 1.29 is 2.74 Å². The second-order valence-corrected chi connectivity index (χ2v) is 23.3. The average molecular weight is 904 g/mol. The maximum absolute atomic E-state index is 9.64. The molecule has 0 saturated carbocycles. The summed E-state index contributed by atoms with van der Waals surface area (Å²) in [5, 5.41) is 9.99. The van der Waals surface area contributed by atoms with Gasteiger partial charge in [0.05, 0.1) is 27.8 Å². The molecule has 0 unspecified atom stereocenters. The predicted molar refractivity (Wildman–Crippen MR) is 302 cm³/mol. The molecule has 12 aromatic rings. The van der Waals surface area contributed by atoms with Crippen LogP contribution in [0.1, 0.15) is 106 Å². The van der Waals surface area contributed by atoms with Crippen LogP contribution in [-0.2, 0) is 10.8 Å². The average Bonchev–Trinajstić information content (AvgIpc) is 3.95. The van der Waals surface area contributed by atoms with Crippen molar-refractivity contribution >= 4 is 99.3 Å². The van der Waals surface area contributed by atoms with Gasteiger partial charge in [-0.2, -0.15) is 0 Å². The Labute approximate surface area is 412 Å². The van der Waals surface area contributed by atoms with E-state index in [0.717, 1.165) is 22.3 Å². The van der Waals surface area contributed by atoms with E-state index in [1.165, 1.54) is 132 Å². The summed E-state index contributed by atoms with van der Waals surface area (Å²) in [4.78, 5) is 0. The normalized spacial score (nSPS) is 14.5. The maximum atomic E-state index is 9.64. The molecule has 3 aromatic heterocycles. The van der Waals surface area contributed by atoms with Crippen molar-refractivity contribution in [3.05, 3.63) is 168 Å². The van der Waals surface area contributed by atoms with E-state index in [1.807, 2.05) is 27.7 Å². The highest BCUT2D eigenvalue weighted by Gasteiger charge is 2.43. The Hall–Kier alpha value is -7.30. The van der Waals surface area contributed by atoms with Gasteiger partial charge in [0, 0.05) is 57.5 Å². The Bertz CT molecular complexity index is 4310. The third-order valence-electron chi connectivity index (χ3n) is 16.7. The van der Waals surface area contributed by atoms with Gasteiger partial charge in [-0.3, -0.25) is 0 Å². The molecular formula is C66H56BN3. The van der Waals surface area contributed by atoms with Crippen LogP contribution in [0.2, 0.25) is 0 Å². The van der Waals surface area contributed by atoms with E-state index in [0.29, 0.717) is 0 Å². The number of fused-ring (bicyclic) bond motifs is 13. The van der Waals surface area contributed by atoms with Gasteiger partial charge < -0.3 is 13.7 Å². The van der Waals surface area contributed by atoms with Crippen LogP contribution in [0.5, 0.6) is 0 Å². The molecule has 3 nitrogen and oxygen atoms in total. The lowest BCUT2D eigenvalue weighted by molar-refractivity contribution is 0.591. The molecule has 1 aliphatic carbocycles. The second kappa shape index (κ2) is 13.3. The number of hydrogen-bond donors (Lipinski definition) is 0. The zero-order valence-electron chi connectivity index (χ0n) is 43.8. The Morgan fingerprint density at radius 2 is 0.971 bits per heavy atom. The summed E-state index contributed by atoms with van der Waals surface area (Å²) < 4.78 is 26.6. The number of aromatic nitrogens is 3. The zero-order chi connectivity index (χ0) is 49.4. The molecule has 338 valence electrons. The van der Waals surface area contributed by atoms with Crippen molar-refractivity contribution in [3.8, 4) is 39.3 Å². The SMILES string of the molecule is [2H]C(C)(C)c1ccc2c(c1)c1cc(C(C)(C)C)cc3c1n2-c1cc(-n2c4cccc5c4c4c6c(cccc6ccc42)-c2ccccc2-5)cc2c1B3c1cc(C([2H])(C)C)cc3c4cc(C(C)(C)C)ccc4n-2c13. The third-order valence-corrected chi connectivity index (χ3v) is 16.7. The van der Waals surface area contributed by atoms with Crippen molar-refractivity contribution in [3.63, 3.8) is 0 Å². The number of hydrogen-bond acceptors (Lipinski definition) is 0. The molecule has 15 rings (SSSR count). The molecule has 0 bridgehead atoms. The first kappa shape index (κ1) is 38.5. The smallest absolute Gasteiger partial charge is 0.252 e. The molecule has 0 fully saturated rings. The summed E-state index contributed by atoms with van der Waals surface area (Å²) in [5.41, 5.74) is 24.0. The van der Waals surface area contributed by atoms with E-state index in [9.17, 15) is 2.74 Å². The molecule has 9 aromatic carbocycles. The van der Waals surface area contributed by atoms with Crippen LogP contribution in [0.15, 0.2) is 146 Å². The van der Waals surface area contributed by atoms with E-state index < -0.39 is 11.8 Å². The van der Waals surface area contributed by atoms with Crippen LogP contribution < -0.4 is 16.4 Å². The van der Waals surface area contributed by atoms with Crippen LogP contribution >= 0.6 is 0 Å². The molecule has 3 aliphatic rings. The highest BCUT2D eigenvalue weighted by molar-refractivity contribution is 7.00. The van der Waals surface area contributed by atoms with Gasteiger partial charge in [-0.25, -0.2) is 0 Å². The quantitative estimate of drug-likeness (QED) is 0.157. The van der Waals surface area contributed by atoms with Gasteiger partial charge in [-0.15, -0.1) is 0 Å². The lowest BCUT2D eigenvalue weighted by Crippen LogP contribution is -2.59. The first-order valence-electron chi connectivity index (χ1n) is 26.3. The molecule has 0 N–H and O–H groups in total. The fraction of sp³-hybridized carbons (Fsp3) is 0.212. The van der Waals surface area contributed by atoms with E-state index in [2.05, 4.69) is 201 Å². The number of benzene rings is 9. The summed E-state index contributed by atoms with van der Waals surface area (Å²) in [5.74, 6) is -1.60. The molecule has 0 saturated heterocycles. The molecule has 2 aliphatic heterocycles. The molecule has 70 heavy (non-hydrogen) atoms. The Balaban J connectivity index is 1.17. The highest BCUT2D eigenvalue weighted by atomic mass is 15.1. The fourth-order valence-electron chi connectivity index (χ4n) is 13.3. The van der Waals surface area contributed by atoms with Gasteiger partial charge in [-0.1, -0.05) is 154 Å².